The largest absolute Gasteiger partial charge is 0.348 e. The van der Waals surface area contributed by atoms with Gasteiger partial charge in [0.2, 0.25) is 0 Å². The van der Waals surface area contributed by atoms with Crippen molar-refractivity contribution in [3.63, 3.8) is 0 Å². The highest BCUT2D eigenvalue weighted by molar-refractivity contribution is 5.97. The zero-order valence-electron chi connectivity index (χ0n) is 15.8. The van der Waals surface area contributed by atoms with Crippen LogP contribution in [-0.4, -0.2) is 24.8 Å². The van der Waals surface area contributed by atoms with Gasteiger partial charge in [0, 0.05) is 12.8 Å². The summed E-state index contributed by atoms with van der Waals surface area (Å²) in [6.07, 6.45) is 10.5. The van der Waals surface area contributed by atoms with Crippen LogP contribution in [0.1, 0.15) is 65.2 Å². The highest BCUT2D eigenvalue weighted by atomic mass is 16.7. The van der Waals surface area contributed by atoms with Crippen molar-refractivity contribution in [2.45, 2.75) is 71.0 Å². The van der Waals surface area contributed by atoms with Gasteiger partial charge in [0.05, 0.1) is 13.2 Å². The summed E-state index contributed by atoms with van der Waals surface area (Å²) in [6, 6.07) is 0. The van der Waals surface area contributed by atoms with E-state index in [1.54, 1.807) is 0 Å². The molecule has 4 rings (SSSR count). The molecule has 25 heavy (non-hydrogen) atoms. The van der Waals surface area contributed by atoms with E-state index in [-0.39, 0.29) is 0 Å². The number of ketones is 1. The molecule has 1 aliphatic heterocycles. The third kappa shape index (κ3) is 2.84. The molecule has 3 fully saturated rings. The molecule has 3 aliphatic carbocycles. The lowest BCUT2D eigenvalue weighted by Crippen LogP contribution is -2.40. The summed E-state index contributed by atoms with van der Waals surface area (Å²) in [7, 11) is 0. The Labute approximate surface area is 151 Å². The van der Waals surface area contributed by atoms with Crippen molar-refractivity contribution in [1.82, 2.24) is 0 Å². The first-order valence-corrected chi connectivity index (χ1v) is 10.1. The van der Waals surface area contributed by atoms with Crippen molar-refractivity contribution in [3.8, 4) is 0 Å². The van der Waals surface area contributed by atoms with Gasteiger partial charge in [0.15, 0.2) is 11.6 Å². The zero-order chi connectivity index (χ0) is 17.7. The molecule has 4 atom stereocenters. The van der Waals surface area contributed by atoms with Crippen molar-refractivity contribution in [3.05, 3.63) is 23.8 Å². The quantitative estimate of drug-likeness (QED) is 0.686. The molecule has 138 valence electrons. The molecule has 0 N–H and O–H groups in total. The van der Waals surface area contributed by atoms with Gasteiger partial charge < -0.3 is 9.47 Å². The van der Waals surface area contributed by atoms with Crippen LogP contribution >= 0.6 is 0 Å². The Kier molecular flexibility index (Phi) is 4.44. The molecule has 0 aromatic heterocycles. The lowest BCUT2D eigenvalue weighted by molar-refractivity contribution is -0.146. The predicted octanol–water partition coefficient (Wildman–Crippen LogP) is 4.82. The van der Waals surface area contributed by atoms with Crippen LogP contribution in [0.5, 0.6) is 0 Å². The van der Waals surface area contributed by atoms with Crippen LogP contribution < -0.4 is 0 Å². The zero-order valence-corrected chi connectivity index (χ0v) is 15.8. The lowest BCUT2D eigenvalue weighted by atomic mass is 9.56. The molecule has 0 aromatic carbocycles. The smallest absolute Gasteiger partial charge is 0.166 e. The Morgan fingerprint density at radius 2 is 1.92 bits per heavy atom. The maximum absolute atomic E-state index is 12.7. The number of rotatable bonds is 4. The molecule has 3 heteroatoms. The minimum Gasteiger partial charge on any atom is -0.348 e. The van der Waals surface area contributed by atoms with E-state index in [0.717, 1.165) is 43.6 Å². The SMILES string of the molecule is C=CC1CCC2C3CCC(=O)C(CCC4(C)OCCO4)=C3CCC12C. The summed E-state index contributed by atoms with van der Waals surface area (Å²) >= 11 is 0. The van der Waals surface area contributed by atoms with Gasteiger partial charge in [0.25, 0.3) is 0 Å². The fourth-order valence-electron chi connectivity index (χ4n) is 6.26. The second-order valence-electron chi connectivity index (χ2n) is 8.93. The molecule has 4 unspecified atom stereocenters. The van der Waals surface area contributed by atoms with Crippen LogP contribution in [0.15, 0.2) is 23.8 Å². The first kappa shape index (κ1) is 17.5. The highest BCUT2D eigenvalue weighted by Gasteiger charge is 2.52. The first-order chi connectivity index (χ1) is 12.0. The molecule has 0 radical (unpaired) electrons. The van der Waals surface area contributed by atoms with E-state index in [1.807, 2.05) is 6.92 Å². The van der Waals surface area contributed by atoms with Crippen LogP contribution in [-0.2, 0) is 14.3 Å². The molecular formula is C22H32O3. The summed E-state index contributed by atoms with van der Waals surface area (Å²) in [5, 5.41) is 0. The van der Waals surface area contributed by atoms with Gasteiger partial charge in [0.1, 0.15) is 0 Å². The van der Waals surface area contributed by atoms with Gasteiger partial charge in [-0.3, -0.25) is 4.79 Å². The van der Waals surface area contributed by atoms with Gasteiger partial charge in [-0.15, -0.1) is 6.58 Å². The highest BCUT2D eigenvalue weighted by Crippen LogP contribution is 2.61. The fourth-order valence-corrected chi connectivity index (χ4v) is 6.26. The van der Waals surface area contributed by atoms with Gasteiger partial charge in [-0.1, -0.05) is 18.6 Å². The molecule has 1 heterocycles. The minimum absolute atomic E-state index is 0.384. The van der Waals surface area contributed by atoms with E-state index >= 15 is 0 Å². The molecule has 4 aliphatic rings. The molecule has 1 saturated heterocycles. The summed E-state index contributed by atoms with van der Waals surface area (Å²) < 4.78 is 11.5. The number of hydrogen-bond acceptors (Lipinski definition) is 3. The topological polar surface area (TPSA) is 35.5 Å². The monoisotopic (exact) mass is 344 g/mol. The molecule has 2 saturated carbocycles. The minimum atomic E-state index is -0.495. The normalized spacial score (nSPS) is 40.1. The third-order valence-electron chi connectivity index (χ3n) is 7.77. The van der Waals surface area contributed by atoms with Crippen LogP contribution in [0.2, 0.25) is 0 Å². The number of carbonyl (C=O) groups excluding carboxylic acids is 1. The number of Topliss-reactive ketones (excluding diaryl/α,β-unsaturated/α-hetero) is 1. The molecule has 3 nitrogen and oxygen atoms in total. The van der Waals surface area contributed by atoms with Crippen molar-refractivity contribution >= 4 is 5.78 Å². The average Bonchev–Trinajstić information content (AvgIpc) is 3.17. The average molecular weight is 344 g/mol. The van der Waals surface area contributed by atoms with E-state index in [4.69, 9.17) is 9.47 Å². The van der Waals surface area contributed by atoms with E-state index < -0.39 is 5.79 Å². The molecule has 0 amide bonds. The van der Waals surface area contributed by atoms with Crippen LogP contribution in [0.3, 0.4) is 0 Å². The molecule has 0 spiro atoms. The number of carbonyl (C=O) groups is 1. The van der Waals surface area contributed by atoms with Crippen LogP contribution in [0.25, 0.3) is 0 Å². The number of allylic oxidation sites excluding steroid dienone is 3. The van der Waals surface area contributed by atoms with Crippen molar-refractivity contribution in [2.75, 3.05) is 13.2 Å². The second kappa shape index (κ2) is 6.35. The van der Waals surface area contributed by atoms with Crippen molar-refractivity contribution < 1.29 is 14.3 Å². The first-order valence-electron chi connectivity index (χ1n) is 10.1. The molecule has 0 aromatic rings. The van der Waals surface area contributed by atoms with E-state index in [9.17, 15) is 4.79 Å². The summed E-state index contributed by atoms with van der Waals surface area (Å²) in [5.41, 5.74) is 3.01. The lowest BCUT2D eigenvalue weighted by Gasteiger charge is -2.48. The number of fused-ring (bicyclic) bond motifs is 3. The predicted molar refractivity (Wildman–Crippen MR) is 98.1 cm³/mol. The van der Waals surface area contributed by atoms with Gasteiger partial charge in [-0.2, -0.15) is 0 Å². The van der Waals surface area contributed by atoms with E-state index in [2.05, 4.69) is 19.6 Å². The fraction of sp³-hybridized carbons (Fsp3) is 0.773. The Balaban J connectivity index is 1.57. The summed E-state index contributed by atoms with van der Waals surface area (Å²) in [4.78, 5) is 12.7. The van der Waals surface area contributed by atoms with Crippen molar-refractivity contribution in [2.24, 2.45) is 23.2 Å². The Bertz CT molecular complexity index is 598. The van der Waals surface area contributed by atoms with Crippen LogP contribution in [0.4, 0.5) is 0 Å². The van der Waals surface area contributed by atoms with Gasteiger partial charge in [-0.25, -0.2) is 0 Å². The maximum atomic E-state index is 12.7. The molecular weight excluding hydrogens is 312 g/mol. The second-order valence-corrected chi connectivity index (χ2v) is 8.93. The van der Waals surface area contributed by atoms with Crippen LogP contribution in [0, 0.1) is 23.2 Å². The number of ether oxygens (including phenoxy) is 2. The Morgan fingerprint density at radius 3 is 2.64 bits per heavy atom. The number of hydrogen-bond donors (Lipinski definition) is 0. The Hall–Kier alpha value is -0.930. The summed E-state index contributed by atoms with van der Waals surface area (Å²) in [6.45, 7) is 9.93. The van der Waals surface area contributed by atoms with E-state index in [1.165, 1.54) is 24.8 Å². The van der Waals surface area contributed by atoms with E-state index in [0.29, 0.717) is 36.2 Å². The summed E-state index contributed by atoms with van der Waals surface area (Å²) in [5.74, 6) is 1.89. The standard InChI is InChI=1S/C22H32O3/c1-4-15-5-7-19-17-6-8-20(23)18(16(17)9-11-21(15,19)2)10-12-22(3)24-13-14-25-22/h4,15,17,19H,1,5-14H2,2-3H3. The van der Waals surface area contributed by atoms with Crippen molar-refractivity contribution in [1.29, 1.82) is 0 Å². The third-order valence-corrected chi connectivity index (χ3v) is 7.77. The maximum Gasteiger partial charge on any atom is 0.166 e. The van der Waals surface area contributed by atoms with Gasteiger partial charge in [-0.05, 0) is 74.2 Å². The Morgan fingerprint density at radius 1 is 1.16 bits per heavy atom. The van der Waals surface area contributed by atoms with Gasteiger partial charge >= 0.3 is 0 Å². The molecule has 0 bridgehead atoms.